The van der Waals surface area contributed by atoms with E-state index in [1.165, 1.54) is 6.07 Å². The van der Waals surface area contributed by atoms with Gasteiger partial charge < -0.3 is 9.84 Å². The fraction of sp³-hybridized carbons (Fsp3) is 0.455. The molecule has 1 aromatic carbocycles. The Balaban J connectivity index is 3.01. The van der Waals surface area contributed by atoms with Crippen molar-refractivity contribution >= 4 is 28.9 Å². The summed E-state index contributed by atoms with van der Waals surface area (Å²) in [5.74, 6) is -0.0110. The van der Waals surface area contributed by atoms with Gasteiger partial charge in [0.1, 0.15) is 6.61 Å². The van der Waals surface area contributed by atoms with Gasteiger partial charge >= 0.3 is 5.69 Å². The predicted molar refractivity (Wildman–Crippen MR) is 69.5 cm³/mol. The molecule has 100 valence electrons. The summed E-state index contributed by atoms with van der Waals surface area (Å²) in [5.41, 5.74) is -1.34. The highest BCUT2D eigenvalue weighted by molar-refractivity contribution is 6.42. The first-order valence-corrected chi connectivity index (χ1v) is 6.01. The quantitative estimate of drug-likeness (QED) is 0.667. The minimum absolute atomic E-state index is 0.0110. The SMILES string of the molecule is CCC(C)(O)COc1cc(Cl)c(Cl)cc1[N+](=O)[O-]. The fourth-order valence-electron chi connectivity index (χ4n) is 1.11. The average Bonchev–Trinajstić information content (AvgIpc) is 2.30. The Labute approximate surface area is 114 Å². The van der Waals surface area contributed by atoms with Crippen molar-refractivity contribution in [2.24, 2.45) is 0 Å². The number of aliphatic hydroxyl groups is 1. The summed E-state index contributed by atoms with van der Waals surface area (Å²) in [6, 6.07) is 2.40. The predicted octanol–water partition coefficient (Wildman–Crippen LogP) is 3.44. The second kappa shape index (κ2) is 5.73. The van der Waals surface area contributed by atoms with E-state index in [1.54, 1.807) is 13.8 Å². The van der Waals surface area contributed by atoms with Crippen molar-refractivity contribution in [2.75, 3.05) is 6.61 Å². The van der Waals surface area contributed by atoms with Gasteiger partial charge in [-0.05, 0) is 13.3 Å². The van der Waals surface area contributed by atoms with Crippen molar-refractivity contribution in [1.82, 2.24) is 0 Å². The summed E-state index contributed by atoms with van der Waals surface area (Å²) < 4.78 is 5.26. The third kappa shape index (κ3) is 3.73. The molecule has 0 saturated heterocycles. The number of benzene rings is 1. The van der Waals surface area contributed by atoms with E-state index >= 15 is 0 Å². The molecule has 1 N–H and O–H groups in total. The fourth-order valence-corrected chi connectivity index (χ4v) is 1.42. The molecule has 5 nitrogen and oxygen atoms in total. The van der Waals surface area contributed by atoms with Gasteiger partial charge in [-0.1, -0.05) is 30.1 Å². The molecule has 0 amide bonds. The standard InChI is InChI=1S/C11H13Cl2NO4/c1-3-11(2,15)6-18-10-5-8(13)7(12)4-9(10)14(16)17/h4-5,15H,3,6H2,1-2H3. The first-order chi connectivity index (χ1) is 8.26. The minimum Gasteiger partial charge on any atom is -0.484 e. The van der Waals surface area contributed by atoms with Crippen molar-refractivity contribution in [1.29, 1.82) is 0 Å². The van der Waals surface area contributed by atoms with Crippen molar-refractivity contribution in [3.8, 4) is 5.75 Å². The third-order valence-corrected chi connectivity index (χ3v) is 3.22. The second-order valence-corrected chi connectivity index (χ2v) is 4.94. The summed E-state index contributed by atoms with van der Waals surface area (Å²) in [5, 5.41) is 20.9. The molecule has 1 rings (SSSR count). The molecule has 0 heterocycles. The molecule has 1 aromatic rings. The first-order valence-electron chi connectivity index (χ1n) is 5.25. The van der Waals surface area contributed by atoms with E-state index in [1.807, 2.05) is 0 Å². The number of nitro benzene ring substituents is 1. The van der Waals surface area contributed by atoms with E-state index in [4.69, 9.17) is 27.9 Å². The molecule has 0 fully saturated rings. The lowest BCUT2D eigenvalue weighted by Crippen LogP contribution is -2.31. The summed E-state index contributed by atoms with van der Waals surface area (Å²) in [7, 11) is 0. The van der Waals surface area contributed by atoms with Crippen LogP contribution in [0.5, 0.6) is 5.75 Å². The van der Waals surface area contributed by atoms with Crippen molar-refractivity contribution < 1.29 is 14.8 Å². The summed E-state index contributed by atoms with van der Waals surface area (Å²) in [6.07, 6.45) is 0.460. The molecule has 0 spiro atoms. The molecule has 7 heteroatoms. The Morgan fingerprint density at radius 2 is 2.00 bits per heavy atom. The first kappa shape index (κ1) is 15.0. The number of hydrogen-bond donors (Lipinski definition) is 1. The molecule has 0 aliphatic heterocycles. The normalized spacial score (nSPS) is 14.1. The van der Waals surface area contributed by atoms with Crippen LogP contribution < -0.4 is 4.74 Å². The smallest absolute Gasteiger partial charge is 0.312 e. The molecule has 0 aromatic heterocycles. The van der Waals surface area contributed by atoms with Crippen LogP contribution in [0.4, 0.5) is 5.69 Å². The Kier molecular flexibility index (Phi) is 4.78. The molecular weight excluding hydrogens is 281 g/mol. The number of hydrogen-bond acceptors (Lipinski definition) is 4. The number of nitrogens with zero attached hydrogens (tertiary/aromatic N) is 1. The van der Waals surface area contributed by atoms with Crippen LogP contribution in [0.15, 0.2) is 12.1 Å². The number of halogens is 2. The van der Waals surface area contributed by atoms with E-state index in [-0.39, 0.29) is 28.1 Å². The molecule has 0 radical (unpaired) electrons. The number of nitro groups is 1. The van der Waals surface area contributed by atoms with Crippen LogP contribution >= 0.6 is 23.2 Å². The Bertz CT molecular complexity index is 463. The van der Waals surface area contributed by atoms with Crippen LogP contribution in [0.3, 0.4) is 0 Å². The molecule has 0 aliphatic carbocycles. The Morgan fingerprint density at radius 3 is 2.50 bits per heavy atom. The highest BCUT2D eigenvalue weighted by Gasteiger charge is 2.23. The van der Waals surface area contributed by atoms with Crippen LogP contribution in [0.25, 0.3) is 0 Å². The van der Waals surface area contributed by atoms with Crippen LogP contribution in [-0.4, -0.2) is 22.2 Å². The lowest BCUT2D eigenvalue weighted by atomic mass is 10.1. The van der Waals surface area contributed by atoms with E-state index in [0.29, 0.717) is 6.42 Å². The van der Waals surface area contributed by atoms with Gasteiger partial charge in [0.25, 0.3) is 0 Å². The van der Waals surface area contributed by atoms with Gasteiger partial charge in [0.2, 0.25) is 0 Å². The number of rotatable bonds is 5. The third-order valence-electron chi connectivity index (χ3n) is 2.50. The van der Waals surface area contributed by atoms with Crippen molar-refractivity contribution in [2.45, 2.75) is 25.9 Å². The summed E-state index contributed by atoms with van der Waals surface area (Å²) in [6.45, 7) is 3.30. The lowest BCUT2D eigenvalue weighted by molar-refractivity contribution is -0.386. The van der Waals surface area contributed by atoms with Gasteiger partial charge in [-0.15, -0.1) is 0 Å². The highest BCUT2D eigenvalue weighted by atomic mass is 35.5. The van der Waals surface area contributed by atoms with Gasteiger partial charge in [0, 0.05) is 12.1 Å². The van der Waals surface area contributed by atoms with E-state index in [9.17, 15) is 15.2 Å². The molecule has 1 atom stereocenters. The van der Waals surface area contributed by atoms with E-state index in [0.717, 1.165) is 6.07 Å². The lowest BCUT2D eigenvalue weighted by Gasteiger charge is -2.21. The summed E-state index contributed by atoms with van der Waals surface area (Å²) in [4.78, 5) is 10.2. The van der Waals surface area contributed by atoms with Gasteiger partial charge in [0.15, 0.2) is 5.75 Å². The molecule has 0 saturated carbocycles. The summed E-state index contributed by atoms with van der Waals surface area (Å²) >= 11 is 11.5. The van der Waals surface area contributed by atoms with Crippen molar-refractivity contribution in [3.05, 3.63) is 32.3 Å². The minimum atomic E-state index is -1.06. The maximum Gasteiger partial charge on any atom is 0.312 e. The number of ether oxygens (including phenoxy) is 1. The zero-order valence-corrected chi connectivity index (χ0v) is 11.5. The zero-order valence-electron chi connectivity index (χ0n) is 9.94. The van der Waals surface area contributed by atoms with Crippen LogP contribution in [-0.2, 0) is 0 Å². The maximum absolute atomic E-state index is 10.8. The molecular formula is C11H13Cl2NO4. The van der Waals surface area contributed by atoms with Crippen LogP contribution in [0.2, 0.25) is 10.0 Å². The van der Waals surface area contributed by atoms with Crippen LogP contribution in [0.1, 0.15) is 20.3 Å². The molecule has 1 unspecified atom stereocenters. The topological polar surface area (TPSA) is 72.6 Å². The Morgan fingerprint density at radius 1 is 1.44 bits per heavy atom. The van der Waals surface area contributed by atoms with Gasteiger partial charge in [-0.3, -0.25) is 10.1 Å². The Hall–Kier alpha value is -1.04. The van der Waals surface area contributed by atoms with Gasteiger partial charge in [-0.25, -0.2) is 0 Å². The zero-order chi connectivity index (χ0) is 13.9. The molecule has 18 heavy (non-hydrogen) atoms. The van der Waals surface area contributed by atoms with E-state index in [2.05, 4.69) is 0 Å². The van der Waals surface area contributed by atoms with Gasteiger partial charge in [-0.2, -0.15) is 0 Å². The monoisotopic (exact) mass is 293 g/mol. The highest BCUT2D eigenvalue weighted by Crippen LogP contribution is 2.36. The van der Waals surface area contributed by atoms with E-state index < -0.39 is 10.5 Å². The average molecular weight is 294 g/mol. The molecule has 0 aliphatic rings. The molecule has 0 bridgehead atoms. The largest absolute Gasteiger partial charge is 0.484 e. The maximum atomic E-state index is 10.8. The van der Waals surface area contributed by atoms with Gasteiger partial charge in [0.05, 0.1) is 20.6 Å². The van der Waals surface area contributed by atoms with Crippen molar-refractivity contribution in [3.63, 3.8) is 0 Å². The second-order valence-electron chi connectivity index (χ2n) is 4.13. The van der Waals surface area contributed by atoms with Crippen LogP contribution in [0, 0.1) is 10.1 Å².